The third kappa shape index (κ3) is 4.63. The predicted molar refractivity (Wildman–Crippen MR) is 90.5 cm³/mol. The molecule has 128 valence electrons. The number of halogens is 1. The van der Waals surface area contributed by atoms with Gasteiger partial charge in [0.1, 0.15) is 23.1 Å². The van der Waals surface area contributed by atoms with Crippen molar-refractivity contribution in [3.8, 4) is 0 Å². The Balaban J connectivity index is 1.48. The van der Waals surface area contributed by atoms with Crippen molar-refractivity contribution >= 4 is 11.7 Å². The van der Waals surface area contributed by atoms with Gasteiger partial charge in [0.05, 0.1) is 25.2 Å². The maximum Gasteiger partial charge on any atom is 0.271 e. The highest BCUT2D eigenvalue weighted by molar-refractivity contribution is 5.91. The van der Waals surface area contributed by atoms with E-state index in [1.54, 1.807) is 30.5 Å². The number of hydrogen-bond acceptors (Lipinski definition) is 5. The number of anilines is 1. The van der Waals surface area contributed by atoms with E-state index in [0.29, 0.717) is 30.9 Å². The predicted octanol–water partition coefficient (Wildman–Crippen LogP) is 2.79. The number of amides is 1. The van der Waals surface area contributed by atoms with E-state index in [4.69, 9.17) is 4.42 Å². The molecule has 0 atom stereocenters. The van der Waals surface area contributed by atoms with Crippen molar-refractivity contribution in [3.63, 3.8) is 0 Å². The highest BCUT2D eigenvalue weighted by Crippen LogP contribution is 2.07. The zero-order valence-corrected chi connectivity index (χ0v) is 13.4. The van der Waals surface area contributed by atoms with E-state index in [2.05, 4.69) is 20.6 Å². The lowest BCUT2D eigenvalue weighted by Crippen LogP contribution is -2.27. The highest BCUT2D eigenvalue weighted by Gasteiger charge is 2.08. The molecule has 0 radical (unpaired) electrons. The second-order valence-electron chi connectivity index (χ2n) is 5.32. The Hall–Kier alpha value is -3.22. The van der Waals surface area contributed by atoms with Crippen LogP contribution in [0.2, 0.25) is 0 Å². The van der Waals surface area contributed by atoms with Crippen LogP contribution in [0.5, 0.6) is 0 Å². The van der Waals surface area contributed by atoms with Gasteiger partial charge in [0, 0.05) is 6.54 Å². The lowest BCUT2D eigenvalue weighted by Gasteiger charge is -2.07. The minimum atomic E-state index is -0.346. The molecule has 0 fully saturated rings. The van der Waals surface area contributed by atoms with Crippen LogP contribution in [0.1, 0.15) is 21.8 Å². The third-order valence-corrected chi connectivity index (χ3v) is 3.55. The highest BCUT2D eigenvalue weighted by atomic mass is 19.1. The molecule has 0 spiro atoms. The Morgan fingerprint density at radius 2 is 2.00 bits per heavy atom. The van der Waals surface area contributed by atoms with Crippen LogP contribution in [0.3, 0.4) is 0 Å². The van der Waals surface area contributed by atoms with Crippen LogP contribution in [-0.4, -0.2) is 22.4 Å². The average molecular weight is 340 g/mol. The van der Waals surface area contributed by atoms with Crippen LogP contribution >= 0.6 is 0 Å². The van der Waals surface area contributed by atoms with E-state index in [0.717, 1.165) is 5.76 Å². The van der Waals surface area contributed by atoms with E-state index < -0.39 is 0 Å². The van der Waals surface area contributed by atoms with Crippen molar-refractivity contribution in [2.45, 2.75) is 13.0 Å². The summed E-state index contributed by atoms with van der Waals surface area (Å²) in [7, 11) is 0. The van der Waals surface area contributed by atoms with E-state index in [-0.39, 0.29) is 17.4 Å². The Kier molecular flexibility index (Phi) is 5.36. The second kappa shape index (κ2) is 8.05. The normalized spacial score (nSPS) is 10.4. The van der Waals surface area contributed by atoms with Gasteiger partial charge in [-0.25, -0.2) is 14.4 Å². The number of rotatable bonds is 7. The molecule has 0 unspecified atom stereocenters. The van der Waals surface area contributed by atoms with Gasteiger partial charge in [-0.1, -0.05) is 18.2 Å². The first-order valence-corrected chi connectivity index (χ1v) is 7.82. The molecule has 1 amide bonds. The molecule has 0 aliphatic carbocycles. The number of aromatic nitrogens is 2. The molecule has 0 saturated carbocycles. The Morgan fingerprint density at radius 3 is 2.72 bits per heavy atom. The van der Waals surface area contributed by atoms with Gasteiger partial charge in [-0.2, -0.15) is 0 Å². The minimum absolute atomic E-state index is 0.206. The smallest absolute Gasteiger partial charge is 0.271 e. The van der Waals surface area contributed by atoms with Crippen molar-refractivity contribution < 1.29 is 13.6 Å². The van der Waals surface area contributed by atoms with E-state index in [9.17, 15) is 9.18 Å². The molecule has 1 aromatic carbocycles. The molecular weight excluding hydrogens is 323 g/mol. The summed E-state index contributed by atoms with van der Waals surface area (Å²) in [6.07, 6.45) is 4.88. The molecule has 0 saturated heterocycles. The monoisotopic (exact) mass is 340 g/mol. The molecule has 6 nitrogen and oxygen atoms in total. The van der Waals surface area contributed by atoms with Gasteiger partial charge in [0.2, 0.25) is 0 Å². The topological polar surface area (TPSA) is 80.0 Å². The molecule has 0 aliphatic rings. The van der Waals surface area contributed by atoms with E-state index in [1.165, 1.54) is 18.5 Å². The first-order valence-electron chi connectivity index (χ1n) is 7.82. The first-order chi connectivity index (χ1) is 12.2. The SMILES string of the molecule is O=C(NCCc1ccccc1F)c1cnc(NCc2ccco2)cn1. The number of nitrogens with zero attached hydrogens (tertiary/aromatic N) is 2. The molecule has 3 aromatic rings. The Labute approximate surface area is 144 Å². The number of hydrogen-bond donors (Lipinski definition) is 2. The number of benzene rings is 1. The molecule has 2 heterocycles. The van der Waals surface area contributed by atoms with Gasteiger partial charge in [-0.05, 0) is 30.2 Å². The zero-order valence-electron chi connectivity index (χ0n) is 13.4. The Morgan fingerprint density at radius 1 is 1.12 bits per heavy atom. The maximum atomic E-state index is 13.5. The number of carbonyl (C=O) groups is 1. The molecule has 25 heavy (non-hydrogen) atoms. The van der Waals surface area contributed by atoms with E-state index >= 15 is 0 Å². The first kappa shape index (κ1) is 16.6. The van der Waals surface area contributed by atoms with Crippen molar-refractivity contribution in [2.24, 2.45) is 0 Å². The number of furan rings is 1. The summed E-state index contributed by atoms with van der Waals surface area (Å²) in [6.45, 7) is 0.801. The van der Waals surface area contributed by atoms with E-state index in [1.807, 2.05) is 6.07 Å². The van der Waals surface area contributed by atoms with Gasteiger partial charge in [-0.3, -0.25) is 4.79 Å². The fraction of sp³-hybridized carbons (Fsp3) is 0.167. The average Bonchev–Trinajstić information content (AvgIpc) is 3.15. The van der Waals surface area contributed by atoms with Gasteiger partial charge in [-0.15, -0.1) is 0 Å². The van der Waals surface area contributed by atoms with Crippen molar-refractivity contribution in [1.82, 2.24) is 15.3 Å². The van der Waals surface area contributed by atoms with Crippen LogP contribution < -0.4 is 10.6 Å². The molecule has 0 bridgehead atoms. The lowest BCUT2D eigenvalue weighted by atomic mass is 10.1. The third-order valence-electron chi connectivity index (χ3n) is 3.55. The quantitative estimate of drug-likeness (QED) is 0.691. The molecule has 7 heteroatoms. The lowest BCUT2D eigenvalue weighted by molar-refractivity contribution is 0.0948. The van der Waals surface area contributed by atoms with Crippen molar-refractivity contribution in [3.05, 3.63) is 77.9 Å². The fourth-order valence-electron chi connectivity index (χ4n) is 2.23. The maximum absolute atomic E-state index is 13.5. The molecule has 0 aliphatic heterocycles. The second-order valence-corrected chi connectivity index (χ2v) is 5.32. The Bertz CT molecular complexity index is 819. The van der Waals surface area contributed by atoms with Crippen molar-refractivity contribution in [1.29, 1.82) is 0 Å². The number of carbonyl (C=O) groups excluding carboxylic acids is 1. The molecule has 2 N–H and O–H groups in total. The van der Waals surface area contributed by atoms with Gasteiger partial charge < -0.3 is 15.1 Å². The summed E-state index contributed by atoms with van der Waals surface area (Å²) in [4.78, 5) is 20.3. The summed E-state index contributed by atoms with van der Waals surface area (Å²) >= 11 is 0. The van der Waals surface area contributed by atoms with Crippen LogP contribution in [0.15, 0.2) is 59.5 Å². The summed E-state index contributed by atoms with van der Waals surface area (Å²) < 4.78 is 18.7. The summed E-state index contributed by atoms with van der Waals surface area (Å²) in [5.41, 5.74) is 0.767. The summed E-state index contributed by atoms with van der Waals surface area (Å²) in [5, 5.41) is 5.75. The van der Waals surface area contributed by atoms with Gasteiger partial charge >= 0.3 is 0 Å². The summed E-state index contributed by atoms with van der Waals surface area (Å²) in [5.74, 6) is 0.695. The fourth-order valence-corrected chi connectivity index (χ4v) is 2.23. The van der Waals surface area contributed by atoms with Crippen LogP contribution in [-0.2, 0) is 13.0 Å². The van der Waals surface area contributed by atoms with Crippen molar-refractivity contribution in [2.75, 3.05) is 11.9 Å². The molecule has 3 rings (SSSR count). The van der Waals surface area contributed by atoms with Gasteiger partial charge in [0.25, 0.3) is 5.91 Å². The largest absolute Gasteiger partial charge is 0.467 e. The molecule has 2 aromatic heterocycles. The summed E-state index contributed by atoms with van der Waals surface area (Å²) in [6, 6.07) is 10.1. The van der Waals surface area contributed by atoms with Gasteiger partial charge in [0.15, 0.2) is 0 Å². The minimum Gasteiger partial charge on any atom is -0.467 e. The zero-order chi connectivity index (χ0) is 17.5. The number of nitrogens with one attached hydrogen (secondary N) is 2. The molecular formula is C18H17FN4O2. The van der Waals surface area contributed by atoms with Crippen LogP contribution in [0.4, 0.5) is 10.2 Å². The van der Waals surface area contributed by atoms with Crippen LogP contribution in [0.25, 0.3) is 0 Å². The van der Waals surface area contributed by atoms with Crippen LogP contribution in [0, 0.1) is 5.82 Å². The standard InChI is InChI=1S/C18H17FN4O2/c19-15-6-2-1-4-13(15)7-8-20-18(24)16-11-23-17(12-21-16)22-10-14-5-3-9-25-14/h1-6,9,11-12H,7-8,10H2,(H,20,24)(H,22,23).